The van der Waals surface area contributed by atoms with Crippen molar-refractivity contribution < 1.29 is 19.1 Å². The maximum Gasteiger partial charge on any atom is 0.302 e. The maximum atomic E-state index is 12.7. The van der Waals surface area contributed by atoms with Gasteiger partial charge in [-0.05, 0) is 51.4 Å². The number of fused-ring (bicyclic) bond motifs is 4. The smallest absolute Gasteiger partial charge is 0.302 e. The number of carbonyl (C=O) groups is 2. The molecule has 3 rings (SSSR count). The second-order valence-corrected chi connectivity index (χ2v) is 8.62. The summed E-state index contributed by atoms with van der Waals surface area (Å²) < 4.78 is 11.8. The van der Waals surface area contributed by atoms with E-state index in [0.29, 0.717) is 18.8 Å². The zero-order valence-corrected chi connectivity index (χ0v) is 16.7. The molecule has 0 aromatic carbocycles. The van der Waals surface area contributed by atoms with Crippen LogP contribution in [0.5, 0.6) is 0 Å². The van der Waals surface area contributed by atoms with Gasteiger partial charge in [-0.1, -0.05) is 30.2 Å². The van der Waals surface area contributed by atoms with Crippen LogP contribution in [-0.4, -0.2) is 30.6 Å². The lowest BCUT2D eigenvalue weighted by molar-refractivity contribution is -0.150. The summed E-state index contributed by atoms with van der Waals surface area (Å²) in [6, 6.07) is 0. The Morgan fingerprint density at radius 1 is 1.23 bits per heavy atom. The quantitative estimate of drug-likeness (QED) is 0.559. The van der Waals surface area contributed by atoms with Crippen molar-refractivity contribution in [2.45, 2.75) is 66.1 Å². The van der Waals surface area contributed by atoms with Crippen molar-refractivity contribution in [1.82, 2.24) is 0 Å². The van der Waals surface area contributed by atoms with E-state index < -0.39 is 0 Å². The summed E-state index contributed by atoms with van der Waals surface area (Å²) >= 11 is 0. The molecule has 26 heavy (non-hydrogen) atoms. The molecule has 3 fully saturated rings. The van der Waals surface area contributed by atoms with Gasteiger partial charge in [-0.25, -0.2) is 0 Å². The number of rotatable bonds is 4. The van der Waals surface area contributed by atoms with E-state index >= 15 is 0 Å². The number of allylic oxidation sites excluding steroid dienone is 4. The van der Waals surface area contributed by atoms with E-state index in [2.05, 4.69) is 39.8 Å². The van der Waals surface area contributed by atoms with Gasteiger partial charge in [0.15, 0.2) is 0 Å². The van der Waals surface area contributed by atoms with Gasteiger partial charge in [0.05, 0.1) is 12.7 Å². The molecule has 2 saturated carbocycles. The van der Waals surface area contributed by atoms with Crippen LogP contribution in [0.4, 0.5) is 0 Å². The standard InChI is InChI=1S/C22H32O4/c1-12(2)7-6-8-13(3)16-9-20(26-15(5)23)17-11-25-19-10-18(24)21(14(19)4)22(16)17/h7-8,14,16-17,19-22H,6,9-11H2,1-5H3. The van der Waals surface area contributed by atoms with Crippen LogP contribution in [0.2, 0.25) is 0 Å². The van der Waals surface area contributed by atoms with Gasteiger partial charge in [-0.2, -0.15) is 0 Å². The number of carbonyl (C=O) groups excluding carboxylic acids is 2. The summed E-state index contributed by atoms with van der Waals surface area (Å²) in [5, 5.41) is 0. The van der Waals surface area contributed by atoms with Gasteiger partial charge in [0.1, 0.15) is 11.9 Å². The average molecular weight is 360 g/mol. The molecule has 7 unspecified atom stereocenters. The molecule has 0 aromatic rings. The summed E-state index contributed by atoms with van der Waals surface area (Å²) in [6.45, 7) is 10.6. The molecule has 0 N–H and O–H groups in total. The van der Waals surface area contributed by atoms with Gasteiger partial charge in [0, 0.05) is 25.2 Å². The second-order valence-electron chi connectivity index (χ2n) is 8.62. The third kappa shape index (κ3) is 3.66. The third-order valence-corrected chi connectivity index (χ3v) is 6.64. The van der Waals surface area contributed by atoms with Crippen LogP contribution in [0.15, 0.2) is 23.3 Å². The largest absolute Gasteiger partial charge is 0.462 e. The Bertz CT molecular complexity index is 628. The molecule has 0 amide bonds. The van der Waals surface area contributed by atoms with E-state index in [4.69, 9.17) is 9.47 Å². The number of ether oxygens (including phenoxy) is 2. The lowest BCUT2D eigenvalue weighted by Gasteiger charge is -2.31. The summed E-state index contributed by atoms with van der Waals surface area (Å²) in [6.07, 6.45) is 6.64. The monoisotopic (exact) mass is 360 g/mol. The van der Waals surface area contributed by atoms with Crippen molar-refractivity contribution >= 4 is 11.8 Å². The van der Waals surface area contributed by atoms with Gasteiger partial charge >= 0.3 is 5.97 Å². The predicted molar refractivity (Wildman–Crippen MR) is 100 cm³/mol. The van der Waals surface area contributed by atoms with Gasteiger partial charge in [-0.3, -0.25) is 9.59 Å². The Labute approximate surface area is 157 Å². The van der Waals surface area contributed by atoms with Crippen LogP contribution >= 0.6 is 0 Å². The summed E-state index contributed by atoms with van der Waals surface area (Å²) in [5.74, 6) is 1.00. The van der Waals surface area contributed by atoms with Crippen molar-refractivity contribution in [3.63, 3.8) is 0 Å². The number of hydrogen-bond acceptors (Lipinski definition) is 4. The zero-order chi connectivity index (χ0) is 19.0. The van der Waals surface area contributed by atoms with Crippen LogP contribution in [0.1, 0.15) is 53.9 Å². The molecule has 0 spiro atoms. The predicted octanol–water partition coefficient (Wildman–Crippen LogP) is 4.10. The maximum absolute atomic E-state index is 12.7. The minimum Gasteiger partial charge on any atom is -0.462 e. The van der Waals surface area contributed by atoms with Crippen LogP contribution in [0.3, 0.4) is 0 Å². The van der Waals surface area contributed by atoms with E-state index in [1.165, 1.54) is 18.1 Å². The van der Waals surface area contributed by atoms with Gasteiger partial charge in [-0.15, -0.1) is 0 Å². The van der Waals surface area contributed by atoms with Gasteiger partial charge < -0.3 is 9.47 Å². The fourth-order valence-electron chi connectivity index (χ4n) is 5.39. The molecule has 1 saturated heterocycles. The molecule has 144 valence electrons. The summed E-state index contributed by atoms with van der Waals surface area (Å²) in [5.41, 5.74) is 2.62. The lowest BCUT2D eigenvalue weighted by Crippen LogP contribution is -2.35. The molecular formula is C22H32O4. The van der Waals surface area contributed by atoms with Crippen molar-refractivity contribution in [2.75, 3.05) is 6.61 Å². The Morgan fingerprint density at radius 2 is 1.96 bits per heavy atom. The molecule has 0 radical (unpaired) electrons. The van der Waals surface area contributed by atoms with Crippen LogP contribution in [0.25, 0.3) is 0 Å². The number of esters is 1. The van der Waals surface area contributed by atoms with Crippen molar-refractivity contribution in [3.8, 4) is 0 Å². The highest BCUT2D eigenvalue weighted by molar-refractivity contribution is 5.85. The highest BCUT2D eigenvalue weighted by Crippen LogP contribution is 2.54. The molecule has 4 heteroatoms. The van der Waals surface area contributed by atoms with Crippen molar-refractivity contribution in [1.29, 1.82) is 0 Å². The first-order valence-corrected chi connectivity index (χ1v) is 9.91. The highest BCUT2D eigenvalue weighted by Gasteiger charge is 2.57. The van der Waals surface area contributed by atoms with E-state index in [-0.39, 0.29) is 47.8 Å². The van der Waals surface area contributed by atoms with Gasteiger partial charge in [0.2, 0.25) is 0 Å². The van der Waals surface area contributed by atoms with Crippen LogP contribution in [-0.2, 0) is 19.1 Å². The Morgan fingerprint density at radius 3 is 2.62 bits per heavy atom. The fraction of sp³-hybridized carbons (Fsp3) is 0.727. The number of ketones is 1. The first-order valence-electron chi connectivity index (χ1n) is 9.91. The molecule has 1 aliphatic heterocycles. The Kier molecular flexibility index (Phi) is 5.71. The summed E-state index contributed by atoms with van der Waals surface area (Å²) in [4.78, 5) is 24.4. The minimum atomic E-state index is -0.241. The Hall–Kier alpha value is -1.42. The SMILES string of the molecule is CC(=O)OC1CC(C(C)=CCC=C(C)C)C2C1COC1CC(=O)C2C1C. The Balaban J connectivity index is 1.91. The van der Waals surface area contributed by atoms with E-state index in [1.54, 1.807) is 0 Å². The lowest BCUT2D eigenvalue weighted by atomic mass is 9.72. The normalized spacial score (nSPS) is 39.3. The fourth-order valence-corrected chi connectivity index (χ4v) is 5.39. The summed E-state index contributed by atoms with van der Waals surface area (Å²) in [7, 11) is 0. The number of hydrogen-bond donors (Lipinski definition) is 0. The molecule has 2 aliphatic carbocycles. The topological polar surface area (TPSA) is 52.6 Å². The molecule has 2 bridgehead atoms. The minimum absolute atomic E-state index is 0.0323. The zero-order valence-electron chi connectivity index (χ0n) is 16.7. The van der Waals surface area contributed by atoms with Crippen LogP contribution < -0.4 is 0 Å². The average Bonchev–Trinajstić information content (AvgIpc) is 2.95. The van der Waals surface area contributed by atoms with E-state index in [1.807, 2.05) is 0 Å². The molecule has 0 aromatic heterocycles. The molecule has 3 aliphatic rings. The first-order chi connectivity index (χ1) is 12.3. The first kappa shape index (κ1) is 19.3. The van der Waals surface area contributed by atoms with E-state index in [9.17, 15) is 9.59 Å². The molecule has 7 atom stereocenters. The third-order valence-electron chi connectivity index (χ3n) is 6.64. The highest BCUT2D eigenvalue weighted by atomic mass is 16.5. The molecular weight excluding hydrogens is 328 g/mol. The van der Waals surface area contributed by atoms with Crippen molar-refractivity contribution in [3.05, 3.63) is 23.3 Å². The van der Waals surface area contributed by atoms with E-state index in [0.717, 1.165) is 12.8 Å². The second kappa shape index (κ2) is 7.67. The molecule has 1 heterocycles. The molecule has 4 nitrogen and oxygen atoms in total. The van der Waals surface area contributed by atoms with Crippen molar-refractivity contribution in [2.24, 2.45) is 29.6 Å². The number of Topliss-reactive ketones (excluding diaryl/α,β-unsaturated/α-hetero) is 1. The van der Waals surface area contributed by atoms with Crippen LogP contribution in [0, 0.1) is 29.6 Å². The van der Waals surface area contributed by atoms with Gasteiger partial charge in [0.25, 0.3) is 0 Å².